The Labute approximate surface area is 166 Å². The maximum absolute atomic E-state index is 14.7. The molecule has 0 fully saturated rings. The number of pyridine rings is 1. The fourth-order valence-corrected chi connectivity index (χ4v) is 3.46. The van der Waals surface area contributed by atoms with Crippen LogP contribution in [0.1, 0.15) is 35.6 Å². The number of hydrogen-bond donors (Lipinski definition) is 0. The monoisotopic (exact) mass is 425 g/mol. The topological polar surface area (TPSA) is 65.2 Å². The molecule has 3 aromatic rings. The summed E-state index contributed by atoms with van der Waals surface area (Å²) in [6.45, 7) is 1.66. The van der Waals surface area contributed by atoms with E-state index in [0.717, 1.165) is 12.1 Å². The number of ether oxygens (including phenoxy) is 1. The van der Waals surface area contributed by atoms with E-state index in [1.54, 1.807) is 6.92 Å². The Morgan fingerprint density at radius 3 is 2.62 bits per heavy atom. The van der Waals surface area contributed by atoms with Crippen molar-refractivity contribution in [1.82, 2.24) is 19.7 Å². The molecule has 1 aliphatic heterocycles. The first-order chi connectivity index (χ1) is 13.7. The number of fused-ring (bicyclic) bond motifs is 3. The Balaban J connectivity index is 2.09. The molecule has 1 aromatic carbocycles. The predicted octanol–water partition coefficient (Wildman–Crippen LogP) is 4.39. The first-order valence-corrected chi connectivity index (χ1v) is 8.69. The van der Waals surface area contributed by atoms with Gasteiger partial charge in [-0.1, -0.05) is 11.6 Å². The first kappa shape index (κ1) is 19.3. The quantitative estimate of drug-likeness (QED) is 0.571. The number of aliphatic imine (C=N–C) groups is 1. The number of nitrogens with zero attached hydrogens (tertiary/aromatic N) is 5. The largest absolute Gasteiger partial charge is 0.481 e. The van der Waals surface area contributed by atoms with Crippen molar-refractivity contribution in [2.75, 3.05) is 7.11 Å². The molecule has 0 radical (unpaired) electrons. The van der Waals surface area contributed by atoms with Gasteiger partial charge in [-0.25, -0.2) is 19.0 Å². The zero-order chi connectivity index (χ0) is 20.9. The summed E-state index contributed by atoms with van der Waals surface area (Å²) in [7, 11) is 1.34. The van der Waals surface area contributed by atoms with Crippen LogP contribution in [-0.2, 0) is 6.18 Å². The summed E-state index contributed by atoms with van der Waals surface area (Å²) in [4.78, 5) is 12.6. The van der Waals surface area contributed by atoms with E-state index >= 15 is 0 Å². The number of alkyl halides is 3. The summed E-state index contributed by atoms with van der Waals surface area (Å²) < 4.78 is 61.5. The highest BCUT2D eigenvalue weighted by Crippen LogP contribution is 2.41. The third-order valence-electron chi connectivity index (χ3n) is 4.41. The van der Waals surface area contributed by atoms with Crippen LogP contribution in [0, 0.1) is 5.82 Å². The number of methoxy groups -OCH3 is 1. The summed E-state index contributed by atoms with van der Waals surface area (Å²) in [5.41, 5.74) is -1.47. The number of rotatable bonds is 2. The Kier molecular flexibility index (Phi) is 4.53. The molecule has 0 unspecified atom stereocenters. The van der Waals surface area contributed by atoms with Crippen LogP contribution in [0.3, 0.4) is 0 Å². The maximum Gasteiger partial charge on any atom is 0.417 e. The summed E-state index contributed by atoms with van der Waals surface area (Å²) in [5, 5.41) is 3.45. The lowest BCUT2D eigenvalue weighted by Gasteiger charge is -2.17. The van der Waals surface area contributed by atoms with E-state index in [4.69, 9.17) is 16.3 Å². The molecule has 11 heteroatoms. The second-order valence-corrected chi connectivity index (χ2v) is 6.56. The van der Waals surface area contributed by atoms with E-state index in [-0.39, 0.29) is 28.5 Å². The number of hydrogen-bond acceptors (Lipinski definition) is 5. The summed E-state index contributed by atoms with van der Waals surface area (Å²) in [5.74, 6) is -0.356. The van der Waals surface area contributed by atoms with Crippen LogP contribution in [0.2, 0.25) is 5.02 Å². The van der Waals surface area contributed by atoms with Gasteiger partial charge in [0.2, 0.25) is 5.88 Å². The minimum Gasteiger partial charge on any atom is -0.481 e. The van der Waals surface area contributed by atoms with E-state index in [0.29, 0.717) is 5.82 Å². The Hall–Kier alpha value is -3.01. The number of halogens is 5. The van der Waals surface area contributed by atoms with Gasteiger partial charge in [0.05, 0.1) is 29.1 Å². The third kappa shape index (κ3) is 3.13. The normalized spacial score (nSPS) is 16.0. The zero-order valence-corrected chi connectivity index (χ0v) is 15.8. The van der Waals surface area contributed by atoms with Gasteiger partial charge in [-0.3, -0.25) is 4.99 Å². The van der Waals surface area contributed by atoms with Gasteiger partial charge in [-0.2, -0.15) is 18.3 Å². The molecule has 1 aliphatic rings. The van der Waals surface area contributed by atoms with Gasteiger partial charge < -0.3 is 4.74 Å². The summed E-state index contributed by atoms with van der Waals surface area (Å²) in [6.07, 6.45) is -3.47. The van der Waals surface area contributed by atoms with Crippen molar-refractivity contribution in [1.29, 1.82) is 0 Å². The fraction of sp³-hybridized carbons (Fsp3) is 0.222. The van der Waals surface area contributed by atoms with Crippen molar-refractivity contribution < 1.29 is 22.3 Å². The lowest BCUT2D eigenvalue weighted by Crippen LogP contribution is -2.16. The van der Waals surface area contributed by atoms with Gasteiger partial charge in [0.25, 0.3) is 0 Å². The molecule has 6 nitrogen and oxygen atoms in total. The molecule has 4 rings (SSSR count). The van der Waals surface area contributed by atoms with Gasteiger partial charge in [0, 0.05) is 11.6 Å². The molecular weight excluding hydrogens is 414 g/mol. The SMILES string of the molecule is COc1ccc(F)c(C2=N[C@@H](C)c3ncnn3-c3ccc(C(F)(F)F)c(Cl)c32)n1. The Bertz CT molecular complexity index is 1140. The van der Waals surface area contributed by atoms with Gasteiger partial charge in [0.15, 0.2) is 11.6 Å². The summed E-state index contributed by atoms with van der Waals surface area (Å²) in [6, 6.07) is 3.78. The molecule has 0 aliphatic carbocycles. The van der Waals surface area contributed by atoms with Crippen LogP contribution in [0.25, 0.3) is 5.69 Å². The van der Waals surface area contributed by atoms with Crippen LogP contribution < -0.4 is 4.74 Å². The highest BCUT2D eigenvalue weighted by Gasteiger charge is 2.37. The fourth-order valence-electron chi connectivity index (χ4n) is 3.11. The van der Waals surface area contributed by atoms with E-state index in [9.17, 15) is 17.6 Å². The molecule has 1 atom stereocenters. The van der Waals surface area contributed by atoms with E-state index < -0.39 is 28.6 Å². The van der Waals surface area contributed by atoms with Gasteiger partial charge in [-0.15, -0.1) is 0 Å². The number of aromatic nitrogens is 4. The molecule has 150 valence electrons. The molecule has 0 amide bonds. The minimum atomic E-state index is -4.72. The predicted molar refractivity (Wildman–Crippen MR) is 96.2 cm³/mol. The van der Waals surface area contributed by atoms with Gasteiger partial charge >= 0.3 is 6.18 Å². The molecule has 29 heavy (non-hydrogen) atoms. The van der Waals surface area contributed by atoms with Crippen molar-refractivity contribution in [3.63, 3.8) is 0 Å². The lowest BCUT2D eigenvalue weighted by atomic mass is 10.0. The van der Waals surface area contributed by atoms with E-state index in [1.165, 1.54) is 30.3 Å². The number of benzene rings is 1. The molecule has 0 spiro atoms. The van der Waals surface area contributed by atoms with Crippen LogP contribution in [0.5, 0.6) is 5.88 Å². The van der Waals surface area contributed by atoms with Crippen LogP contribution in [-0.4, -0.2) is 32.6 Å². The second kappa shape index (κ2) is 6.80. The summed E-state index contributed by atoms with van der Waals surface area (Å²) >= 11 is 6.19. The van der Waals surface area contributed by atoms with Gasteiger partial charge in [0.1, 0.15) is 18.1 Å². The smallest absolute Gasteiger partial charge is 0.417 e. The molecule has 0 bridgehead atoms. The minimum absolute atomic E-state index is 0.0708. The molecular formula is C18H12ClF4N5O. The highest BCUT2D eigenvalue weighted by atomic mass is 35.5. The maximum atomic E-state index is 14.7. The van der Waals surface area contributed by atoms with Crippen molar-refractivity contribution in [3.8, 4) is 11.6 Å². The lowest BCUT2D eigenvalue weighted by molar-refractivity contribution is -0.137. The van der Waals surface area contributed by atoms with Crippen molar-refractivity contribution in [2.45, 2.75) is 19.1 Å². The van der Waals surface area contributed by atoms with Crippen molar-refractivity contribution >= 4 is 17.3 Å². The van der Waals surface area contributed by atoms with Crippen LogP contribution >= 0.6 is 11.6 Å². The highest BCUT2D eigenvalue weighted by molar-refractivity contribution is 6.37. The van der Waals surface area contributed by atoms with E-state index in [1.807, 2.05) is 0 Å². The second-order valence-electron chi connectivity index (χ2n) is 6.19. The standard InChI is InChI=1S/C18H12ClF4N5O/c1-8-17-24-7-25-28(17)11-5-3-9(18(21,22)23)14(19)13(11)16(26-8)15-10(20)4-6-12(27-15)29-2/h3-8H,1-2H3/t8-/m0/s1. The van der Waals surface area contributed by atoms with Gasteiger partial charge in [-0.05, 0) is 25.1 Å². The first-order valence-electron chi connectivity index (χ1n) is 8.31. The van der Waals surface area contributed by atoms with Crippen molar-refractivity contribution in [3.05, 3.63) is 64.1 Å². The average Bonchev–Trinajstić information content (AvgIpc) is 3.11. The molecule has 0 N–H and O–H groups in total. The van der Waals surface area contributed by atoms with E-state index in [2.05, 4.69) is 20.1 Å². The van der Waals surface area contributed by atoms with Crippen LogP contribution in [0.15, 0.2) is 35.6 Å². The Morgan fingerprint density at radius 1 is 1.17 bits per heavy atom. The molecule has 0 saturated carbocycles. The molecule has 3 heterocycles. The van der Waals surface area contributed by atoms with Crippen molar-refractivity contribution in [2.24, 2.45) is 4.99 Å². The average molecular weight is 426 g/mol. The third-order valence-corrected chi connectivity index (χ3v) is 4.81. The molecule has 0 saturated heterocycles. The van der Waals surface area contributed by atoms with Crippen LogP contribution in [0.4, 0.5) is 17.6 Å². The molecule has 2 aromatic heterocycles. The Morgan fingerprint density at radius 2 is 1.93 bits per heavy atom. The zero-order valence-electron chi connectivity index (χ0n) is 15.0.